The molecular weight excluding hydrogens is 238 g/mol. The molecule has 0 spiro atoms. The van der Waals surface area contributed by atoms with Crippen molar-refractivity contribution in [3.63, 3.8) is 0 Å². The Hall–Kier alpha value is -1.14. The van der Waals surface area contributed by atoms with Crippen LogP contribution < -0.4 is 10.0 Å². The van der Waals surface area contributed by atoms with E-state index in [0.29, 0.717) is 12.2 Å². The minimum atomic E-state index is -3.31. The Bertz CT molecular complexity index is 458. The zero-order valence-corrected chi connectivity index (χ0v) is 11.2. The molecule has 0 saturated heterocycles. The fourth-order valence-corrected chi connectivity index (χ4v) is 2.31. The van der Waals surface area contributed by atoms with E-state index in [0.717, 1.165) is 5.56 Å². The minimum Gasteiger partial charge on any atom is -0.313 e. The maximum absolute atomic E-state index is 11.8. The molecule has 0 saturated carbocycles. The zero-order chi connectivity index (χ0) is 12.9. The molecule has 0 bridgehead atoms. The van der Waals surface area contributed by atoms with E-state index in [4.69, 9.17) is 0 Å². The summed E-state index contributed by atoms with van der Waals surface area (Å²) in [5.74, 6) is 0.0551. The largest absolute Gasteiger partial charge is 0.313 e. The maximum atomic E-state index is 11.8. The standard InChI is InChI=1S/C11H19N3O2S/c1-9(2)13-6-7-17(15,16)14-11-8-12-5-4-10(11)3/h4-5,8-9,13-14H,6-7H2,1-3H3. The average Bonchev–Trinajstić information content (AvgIpc) is 2.20. The molecule has 96 valence electrons. The highest BCUT2D eigenvalue weighted by atomic mass is 32.2. The molecule has 0 aliphatic heterocycles. The Labute approximate surface area is 103 Å². The van der Waals surface area contributed by atoms with Crippen LogP contribution >= 0.6 is 0 Å². The molecule has 1 aromatic heterocycles. The number of sulfonamides is 1. The monoisotopic (exact) mass is 257 g/mol. The van der Waals surface area contributed by atoms with Crippen LogP contribution in [0.25, 0.3) is 0 Å². The molecule has 5 nitrogen and oxygen atoms in total. The quantitative estimate of drug-likeness (QED) is 0.801. The molecule has 0 radical (unpaired) electrons. The second kappa shape index (κ2) is 5.97. The number of nitrogens with zero attached hydrogens (tertiary/aromatic N) is 1. The summed E-state index contributed by atoms with van der Waals surface area (Å²) in [5.41, 5.74) is 1.40. The summed E-state index contributed by atoms with van der Waals surface area (Å²) in [6.45, 7) is 6.23. The lowest BCUT2D eigenvalue weighted by Gasteiger charge is -2.11. The number of hydrogen-bond donors (Lipinski definition) is 2. The zero-order valence-electron chi connectivity index (χ0n) is 10.4. The summed E-state index contributed by atoms with van der Waals surface area (Å²) in [5, 5.41) is 3.07. The number of rotatable bonds is 6. The summed E-state index contributed by atoms with van der Waals surface area (Å²) in [6.07, 6.45) is 3.15. The second-order valence-electron chi connectivity index (χ2n) is 4.22. The number of nitrogens with one attached hydrogen (secondary N) is 2. The van der Waals surface area contributed by atoms with Crippen molar-refractivity contribution in [3.8, 4) is 0 Å². The molecule has 0 fully saturated rings. The third-order valence-electron chi connectivity index (χ3n) is 2.23. The van der Waals surface area contributed by atoms with Gasteiger partial charge < -0.3 is 5.32 Å². The SMILES string of the molecule is Cc1ccncc1NS(=O)(=O)CCNC(C)C. The molecule has 6 heteroatoms. The van der Waals surface area contributed by atoms with Gasteiger partial charge >= 0.3 is 0 Å². The van der Waals surface area contributed by atoms with Crippen LogP contribution in [0.1, 0.15) is 19.4 Å². The van der Waals surface area contributed by atoms with E-state index in [1.807, 2.05) is 20.8 Å². The molecule has 0 amide bonds. The van der Waals surface area contributed by atoms with Gasteiger partial charge in [0.15, 0.2) is 0 Å². The number of aryl methyl sites for hydroxylation is 1. The first kappa shape index (κ1) is 13.9. The van der Waals surface area contributed by atoms with Gasteiger partial charge in [0.25, 0.3) is 0 Å². The van der Waals surface area contributed by atoms with Crippen LogP contribution in [0.5, 0.6) is 0 Å². The van der Waals surface area contributed by atoms with E-state index < -0.39 is 10.0 Å². The van der Waals surface area contributed by atoms with Crippen molar-refractivity contribution in [2.75, 3.05) is 17.0 Å². The number of hydrogen-bond acceptors (Lipinski definition) is 4. The van der Waals surface area contributed by atoms with E-state index in [2.05, 4.69) is 15.0 Å². The number of anilines is 1. The molecule has 1 heterocycles. The molecule has 0 atom stereocenters. The van der Waals surface area contributed by atoms with Crippen molar-refractivity contribution in [2.24, 2.45) is 0 Å². The van der Waals surface area contributed by atoms with Gasteiger partial charge in [0.2, 0.25) is 10.0 Å². The Kier molecular flexibility index (Phi) is 4.89. The first-order valence-electron chi connectivity index (χ1n) is 5.55. The summed E-state index contributed by atoms with van der Waals surface area (Å²) in [6, 6.07) is 2.05. The van der Waals surface area contributed by atoms with Gasteiger partial charge in [-0.25, -0.2) is 8.42 Å². The summed E-state index contributed by atoms with van der Waals surface area (Å²) < 4.78 is 26.0. The second-order valence-corrected chi connectivity index (χ2v) is 6.06. The van der Waals surface area contributed by atoms with E-state index in [9.17, 15) is 8.42 Å². The highest BCUT2D eigenvalue weighted by molar-refractivity contribution is 7.92. The van der Waals surface area contributed by atoms with Crippen LogP contribution in [-0.4, -0.2) is 31.7 Å². The van der Waals surface area contributed by atoms with E-state index in [-0.39, 0.29) is 11.8 Å². The lowest BCUT2D eigenvalue weighted by molar-refractivity contribution is 0.582. The maximum Gasteiger partial charge on any atom is 0.234 e. The molecule has 2 N–H and O–H groups in total. The lowest BCUT2D eigenvalue weighted by Crippen LogP contribution is -2.31. The van der Waals surface area contributed by atoms with Gasteiger partial charge in [0, 0.05) is 18.8 Å². The molecule has 17 heavy (non-hydrogen) atoms. The van der Waals surface area contributed by atoms with Crippen molar-refractivity contribution < 1.29 is 8.42 Å². The van der Waals surface area contributed by atoms with Crippen molar-refractivity contribution in [2.45, 2.75) is 26.8 Å². The summed E-state index contributed by atoms with van der Waals surface area (Å²) >= 11 is 0. The Morgan fingerprint density at radius 3 is 2.71 bits per heavy atom. The predicted molar refractivity (Wildman–Crippen MR) is 69.5 cm³/mol. The third-order valence-corrected chi connectivity index (χ3v) is 3.50. The first-order valence-corrected chi connectivity index (χ1v) is 7.20. The van der Waals surface area contributed by atoms with Crippen LogP contribution in [0.4, 0.5) is 5.69 Å². The van der Waals surface area contributed by atoms with Crippen LogP contribution in [0, 0.1) is 6.92 Å². The van der Waals surface area contributed by atoms with Crippen molar-refractivity contribution in [1.29, 1.82) is 0 Å². The fourth-order valence-electron chi connectivity index (χ4n) is 1.27. The van der Waals surface area contributed by atoms with E-state index in [1.54, 1.807) is 12.3 Å². The molecule has 1 rings (SSSR count). The number of aromatic nitrogens is 1. The molecule has 0 aliphatic carbocycles. The molecule has 0 aliphatic rings. The molecule has 1 aromatic rings. The van der Waals surface area contributed by atoms with Gasteiger partial charge in [-0.15, -0.1) is 0 Å². The van der Waals surface area contributed by atoms with Gasteiger partial charge in [-0.05, 0) is 18.6 Å². The lowest BCUT2D eigenvalue weighted by atomic mass is 10.3. The highest BCUT2D eigenvalue weighted by Gasteiger charge is 2.11. The van der Waals surface area contributed by atoms with E-state index in [1.165, 1.54) is 6.20 Å². The van der Waals surface area contributed by atoms with Crippen molar-refractivity contribution in [1.82, 2.24) is 10.3 Å². The van der Waals surface area contributed by atoms with Crippen molar-refractivity contribution in [3.05, 3.63) is 24.0 Å². The van der Waals surface area contributed by atoms with E-state index >= 15 is 0 Å². The molecular formula is C11H19N3O2S. The smallest absolute Gasteiger partial charge is 0.234 e. The van der Waals surface area contributed by atoms with Crippen LogP contribution in [0.3, 0.4) is 0 Å². The van der Waals surface area contributed by atoms with Gasteiger partial charge in [-0.3, -0.25) is 9.71 Å². The van der Waals surface area contributed by atoms with Gasteiger partial charge in [0.05, 0.1) is 17.6 Å². The fraction of sp³-hybridized carbons (Fsp3) is 0.545. The Morgan fingerprint density at radius 2 is 2.12 bits per heavy atom. The average molecular weight is 257 g/mol. The predicted octanol–water partition coefficient (Wildman–Crippen LogP) is 1.13. The Balaban J connectivity index is 2.58. The van der Waals surface area contributed by atoms with Gasteiger partial charge in [-0.2, -0.15) is 0 Å². The van der Waals surface area contributed by atoms with Crippen LogP contribution in [-0.2, 0) is 10.0 Å². The van der Waals surface area contributed by atoms with Gasteiger partial charge in [-0.1, -0.05) is 13.8 Å². The normalized spacial score (nSPS) is 11.8. The Morgan fingerprint density at radius 1 is 1.41 bits per heavy atom. The summed E-state index contributed by atoms with van der Waals surface area (Å²) in [4.78, 5) is 3.90. The van der Waals surface area contributed by atoms with Gasteiger partial charge in [0.1, 0.15) is 0 Å². The van der Waals surface area contributed by atoms with Crippen LogP contribution in [0.2, 0.25) is 0 Å². The third kappa shape index (κ3) is 5.14. The molecule has 0 unspecified atom stereocenters. The number of pyridine rings is 1. The minimum absolute atomic E-state index is 0.0551. The molecule has 0 aromatic carbocycles. The first-order chi connectivity index (χ1) is 7.91. The summed E-state index contributed by atoms with van der Waals surface area (Å²) in [7, 11) is -3.31. The highest BCUT2D eigenvalue weighted by Crippen LogP contribution is 2.13. The topological polar surface area (TPSA) is 71.1 Å². The van der Waals surface area contributed by atoms with Crippen LogP contribution in [0.15, 0.2) is 18.5 Å². The van der Waals surface area contributed by atoms with Crippen molar-refractivity contribution >= 4 is 15.7 Å².